The van der Waals surface area contributed by atoms with Gasteiger partial charge in [-0.2, -0.15) is 5.10 Å². The topological polar surface area (TPSA) is 53.4 Å². The number of ether oxygens (including phenoxy) is 2. The third-order valence-electron chi connectivity index (χ3n) is 4.14. The number of carbonyl (C=O) groups is 1. The molecule has 2 aromatic carbocycles. The number of hydrogen-bond acceptors (Lipinski definition) is 4. The second-order valence-corrected chi connectivity index (χ2v) is 6.77. The van der Waals surface area contributed by atoms with Gasteiger partial charge >= 0.3 is 5.97 Å². The van der Waals surface area contributed by atoms with E-state index in [1.54, 1.807) is 30.0 Å². The molecular weight excluding hydrogens is 387 g/mol. The molecule has 3 aromatic rings. The fourth-order valence-electron chi connectivity index (χ4n) is 2.70. The van der Waals surface area contributed by atoms with E-state index in [4.69, 9.17) is 32.7 Å². The van der Waals surface area contributed by atoms with Crippen LogP contribution in [0.1, 0.15) is 27.3 Å². The maximum absolute atomic E-state index is 11.9. The molecule has 0 fully saturated rings. The van der Waals surface area contributed by atoms with Gasteiger partial charge < -0.3 is 9.47 Å². The molecule has 7 heteroatoms. The van der Waals surface area contributed by atoms with E-state index in [1.807, 2.05) is 30.3 Å². The number of benzene rings is 2. The van der Waals surface area contributed by atoms with Crippen LogP contribution in [0.15, 0.2) is 48.5 Å². The normalized spacial score (nSPS) is 10.7. The lowest BCUT2D eigenvalue weighted by atomic mass is 10.1. The summed E-state index contributed by atoms with van der Waals surface area (Å²) in [5.74, 6) is 0.308. The first-order chi connectivity index (χ1) is 13.0. The third kappa shape index (κ3) is 4.62. The minimum atomic E-state index is -0.480. The minimum absolute atomic E-state index is 0.256. The quantitative estimate of drug-likeness (QED) is 0.562. The van der Waals surface area contributed by atoms with Crippen molar-refractivity contribution < 1.29 is 14.3 Å². The molecule has 0 amide bonds. The summed E-state index contributed by atoms with van der Waals surface area (Å²) in [5.41, 5.74) is 3.05. The zero-order chi connectivity index (χ0) is 19.4. The van der Waals surface area contributed by atoms with Crippen LogP contribution in [0.3, 0.4) is 0 Å². The summed E-state index contributed by atoms with van der Waals surface area (Å²) >= 11 is 12.3. The molecule has 1 aromatic heterocycles. The van der Waals surface area contributed by atoms with Crippen molar-refractivity contribution in [2.45, 2.75) is 13.0 Å². The molecule has 0 radical (unpaired) electrons. The maximum atomic E-state index is 11.9. The van der Waals surface area contributed by atoms with Crippen LogP contribution in [0, 0.1) is 0 Å². The summed E-state index contributed by atoms with van der Waals surface area (Å²) < 4.78 is 11.7. The Bertz CT molecular complexity index is 952. The van der Waals surface area contributed by atoms with E-state index in [0.29, 0.717) is 23.0 Å². The molecule has 5 nitrogen and oxygen atoms in total. The van der Waals surface area contributed by atoms with Crippen LogP contribution >= 0.6 is 23.2 Å². The lowest BCUT2D eigenvalue weighted by molar-refractivity contribution is 0.0593. The summed E-state index contributed by atoms with van der Waals surface area (Å²) in [7, 11) is 2.96. The molecule has 1 heterocycles. The highest BCUT2D eigenvalue weighted by Crippen LogP contribution is 2.23. The Morgan fingerprint density at radius 3 is 2.44 bits per heavy atom. The Hall–Kier alpha value is -2.50. The largest absolute Gasteiger partial charge is 0.497 e. The SMILES string of the molecule is COC(=O)c1cc(Cc2ccc(OC)cc2)n(Cc2ccc(Cl)cc2Cl)n1. The monoisotopic (exact) mass is 404 g/mol. The lowest BCUT2D eigenvalue weighted by Crippen LogP contribution is -2.09. The van der Waals surface area contributed by atoms with Gasteiger partial charge in [0.25, 0.3) is 0 Å². The Balaban J connectivity index is 1.93. The number of rotatable bonds is 6. The van der Waals surface area contributed by atoms with Crippen molar-refractivity contribution in [2.24, 2.45) is 0 Å². The van der Waals surface area contributed by atoms with Crippen molar-refractivity contribution in [3.8, 4) is 5.75 Å². The van der Waals surface area contributed by atoms with E-state index in [1.165, 1.54) is 7.11 Å². The fourth-order valence-corrected chi connectivity index (χ4v) is 3.17. The van der Waals surface area contributed by atoms with Gasteiger partial charge in [0.15, 0.2) is 5.69 Å². The van der Waals surface area contributed by atoms with Gasteiger partial charge in [0.1, 0.15) is 5.75 Å². The second kappa shape index (κ2) is 8.46. The summed E-state index contributed by atoms with van der Waals surface area (Å²) in [6.45, 7) is 0.415. The molecule has 0 aliphatic carbocycles. The highest BCUT2D eigenvalue weighted by Gasteiger charge is 2.16. The number of aromatic nitrogens is 2. The van der Waals surface area contributed by atoms with Crippen LogP contribution in [-0.4, -0.2) is 30.0 Å². The Morgan fingerprint density at radius 1 is 1.07 bits per heavy atom. The van der Waals surface area contributed by atoms with Crippen molar-refractivity contribution in [3.63, 3.8) is 0 Å². The van der Waals surface area contributed by atoms with Gasteiger partial charge in [0, 0.05) is 22.2 Å². The Labute approximate surface area is 167 Å². The van der Waals surface area contributed by atoms with Gasteiger partial charge in [-0.05, 0) is 41.5 Å². The van der Waals surface area contributed by atoms with Crippen molar-refractivity contribution in [3.05, 3.63) is 81.1 Å². The molecule has 0 atom stereocenters. The van der Waals surface area contributed by atoms with E-state index in [2.05, 4.69) is 5.10 Å². The number of methoxy groups -OCH3 is 2. The average Bonchev–Trinajstić information content (AvgIpc) is 3.06. The van der Waals surface area contributed by atoms with E-state index >= 15 is 0 Å². The van der Waals surface area contributed by atoms with Gasteiger partial charge in [-0.3, -0.25) is 4.68 Å². The number of carbonyl (C=O) groups excluding carboxylic acids is 1. The van der Waals surface area contributed by atoms with Gasteiger partial charge in [-0.15, -0.1) is 0 Å². The molecule has 0 spiro atoms. The van der Waals surface area contributed by atoms with Crippen LogP contribution in [0.2, 0.25) is 10.0 Å². The summed E-state index contributed by atoms with van der Waals surface area (Å²) in [5, 5.41) is 5.51. The highest BCUT2D eigenvalue weighted by molar-refractivity contribution is 6.35. The third-order valence-corrected chi connectivity index (χ3v) is 4.72. The van der Waals surface area contributed by atoms with Crippen LogP contribution < -0.4 is 4.74 Å². The van der Waals surface area contributed by atoms with Crippen molar-refractivity contribution in [1.82, 2.24) is 9.78 Å². The smallest absolute Gasteiger partial charge is 0.358 e. The van der Waals surface area contributed by atoms with E-state index in [9.17, 15) is 4.79 Å². The predicted molar refractivity (Wildman–Crippen MR) is 105 cm³/mol. The highest BCUT2D eigenvalue weighted by atomic mass is 35.5. The predicted octanol–water partition coefficient (Wildman–Crippen LogP) is 4.62. The number of esters is 1. The van der Waals surface area contributed by atoms with Crippen LogP contribution in [0.4, 0.5) is 0 Å². The first-order valence-corrected chi connectivity index (χ1v) is 8.97. The van der Waals surface area contributed by atoms with Crippen LogP contribution in [-0.2, 0) is 17.7 Å². The summed E-state index contributed by atoms with van der Waals surface area (Å²) in [6.07, 6.45) is 0.596. The van der Waals surface area contributed by atoms with E-state index in [0.717, 1.165) is 22.6 Å². The first kappa shape index (κ1) is 19.3. The minimum Gasteiger partial charge on any atom is -0.497 e. The van der Waals surface area contributed by atoms with E-state index in [-0.39, 0.29) is 5.69 Å². The molecule has 0 unspecified atom stereocenters. The Morgan fingerprint density at radius 2 is 1.81 bits per heavy atom. The number of nitrogens with zero attached hydrogens (tertiary/aromatic N) is 2. The number of halogens is 2. The Kier molecular flexibility index (Phi) is 6.04. The van der Waals surface area contributed by atoms with E-state index < -0.39 is 5.97 Å². The molecule has 0 saturated carbocycles. The maximum Gasteiger partial charge on any atom is 0.358 e. The molecule has 0 bridgehead atoms. The van der Waals surface area contributed by atoms with Gasteiger partial charge in [-0.1, -0.05) is 41.4 Å². The van der Waals surface area contributed by atoms with Crippen LogP contribution in [0.25, 0.3) is 0 Å². The van der Waals surface area contributed by atoms with Gasteiger partial charge in [0.05, 0.1) is 20.8 Å². The van der Waals surface area contributed by atoms with Gasteiger partial charge in [0.2, 0.25) is 0 Å². The molecule has 27 heavy (non-hydrogen) atoms. The van der Waals surface area contributed by atoms with Crippen molar-refractivity contribution >= 4 is 29.2 Å². The lowest BCUT2D eigenvalue weighted by Gasteiger charge is -2.10. The molecule has 140 valence electrons. The first-order valence-electron chi connectivity index (χ1n) is 8.22. The molecule has 0 N–H and O–H groups in total. The standard InChI is InChI=1S/C20H18Cl2N2O3/c1-26-17-7-3-13(4-8-17)9-16-11-19(20(25)27-2)23-24(16)12-14-5-6-15(21)10-18(14)22/h3-8,10-11H,9,12H2,1-2H3. The average molecular weight is 405 g/mol. The number of hydrogen-bond donors (Lipinski definition) is 0. The van der Waals surface area contributed by atoms with Crippen molar-refractivity contribution in [1.29, 1.82) is 0 Å². The zero-order valence-electron chi connectivity index (χ0n) is 14.9. The summed E-state index contributed by atoms with van der Waals surface area (Å²) in [4.78, 5) is 11.9. The molecular formula is C20H18Cl2N2O3. The second-order valence-electron chi connectivity index (χ2n) is 5.93. The summed E-state index contributed by atoms with van der Waals surface area (Å²) in [6, 6.07) is 14.8. The molecule has 0 saturated heterocycles. The molecule has 3 rings (SSSR count). The van der Waals surface area contributed by atoms with Gasteiger partial charge in [-0.25, -0.2) is 4.79 Å². The molecule has 0 aliphatic rings. The zero-order valence-corrected chi connectivity index (χ0v) is 16.4. The van der Waals surface area contributed by atoms with Crippen molar-refractivity contribution in [2.75, 3.05) is 14.2 Å². The van der Waals surface area contributed by atoms with Crippen LogP contribution in [0.5, 0.6) is 5.75 Å². The molecule has 0 aliphatic heterocycles. The fraction of sp³-hybridized carbons (Fsp3) is 0.200.